The van der Waals surface area contributed by atoms with Gasteiger partial charge < -0.3 is 10.1 Å². The third-order valence-electron chi connectivity index (χ3n) is 5.67. The van der Waals surface area contributed by atoms with Crippen molar-refractivity contribution in [3.63, 3.8) is 0 Å². The summed E-state index contributed by atoms with van der Waals surface area (Å²) < 4.78 is 7.58. The summed E-state index contributed by atoms with van der Waals surface area (Å²) in [5.74, 6) is 0. The van der Waals surface area contributed by atoms with Gasteiger partial charge in [0, 0.05) is 18.1 Å². The van der Waals surface area contributed by atoms with Gasteiger partial charge >= 0.3 is 6.03 Å². The van der Waals surface area contributed by atoms with Gasteiger partial charge in [0.25, 0.3) is 0 Å². The number of carbonyl (C=O) groups is 1. The Balaban J connectivity index is 1.43. The summed E-state index contributed by atoms with van der Waals surface area (Å²) in [4.78, 5) is 16.7. The molecule has 6 nitrogen and oxygen atoms in total. The minimum Gasteiger partial charge on any atom is -0.378 e. The second-order valence-corrected chi connectivity index (χ2v) is 6.86. The molecule has 0 aliphatic heterocycles. The van der Waals surface area contributed by atoms with Gasteiger partial charge in [-0.05, 0) is 38.3 Å². The van der Waals surface area contributed by atoms with E-state index in [0.29, 0.717) is 6.10 Å². The van der Waals surface area contributed by atoms with Crippen molar-refractivity contribution < 1.29 is 9.53 Å². The van der Waals surface area contributed by atoms with Crippen molar-refractivity contribution in [1.29, 1.82) is 0 Å². The summed E-state index contributed by atoms with van der Waals surface area (Å²) in [7, 11) is 0. The first-order valence-corrected chi connectivity index (χ1v) is 8.84. The van der Waals surface area contributed by atoms with Crippen molar-refractivity contribution in [2.75, 3.05) is 12.0 Å². The molecule has 0 saturated heterocycles. The Hall–Kier alpha value is -2.08. The molecule has 6 heteroatoms. The fraction of sp³-hybridized carbons (Fsp3) is 0.556. The summed E-state index contributed by atoms with van der Waals surface area (Å²) in [6.45, 7) is 2.78. The predicted molar refractivity (Wildman–Crippen MR) is 92.3 cm³/mol. The number of nitrogens with one attached hydrogen (secondary N) is 2. The number of carbonyl (C=O) groups excluding carboxylic acids is 1. The molecule has 2 aromatic rings. The molecule has 2 saturated carbocycles. The maximum absolute atomic E-state index is 12.5. The van der Waals surface area contributed by atoms with Crippen molar-refractivity contribution in [3.05, 3.63) is 30.6 Å². The maximum Gasteiger partial charge on any atom is 0.334 e. The standard InChI is InChI=1S/C18H24N4O2/c1-2-24-16-11-15(18(16)9-5-6-10-18)20-17(23)21-22-12-19-13-7-3-4-8-14(13)22/h3-4,7-8,12,15-16H,2,5-6,9-11H2,1H3,(H2,20,21,23)/t15-,16+/m1/s1. The average Bonchev–Trinajstić information content (AvgIpc) is 3.23. The van der Waals surface area contributed by atoms with Gasteiger partial charge in [0.2, 0.25) is 0 Å². The quantitative estimate of drug-likeness (QED) is 0.906. The molecule has 1 spiro atoms. The van der Waals surface area contributed by atoms with Crippen LogP contribution in [0.15, 0.2) is 30.6 Å². The largest absolute Gasteiger partial charge is 0.378 e. The minimum absolute atomic E-state index is 0.143. The van der Waals surface area contributed by atoms with E-state index in [1.807, 2.05) is 31.2 Å². The number of urea groups is 1. The number of nitrogens with zero attached hydrogens (tertiary/aromatic N) is 2. The molecule has 2 aliphatic rings. The van der Waals surface area contributed by atoms with Crippen LogP contribution in [0.25, 0.3) is 11.0 Å². The number of rotatable bonds is 4. The van der Waals surface area contributed by atoms with Gasteiger partial charge in [-0.1, -0.05) is 25.0 Å². The Bertz CT molecular complexity index is 735. The first kappa shape index (κ1) is 15.4. The van der Waals surface area contributed by atoms with Crippen LogP contribution in [-0.4, -0.2) is 34.4 Å². The van der Waals surface area contributed by atoms with Crippen LogP contribution in [-0.2, 0) is 4.74 Å². The molecule has 2 amide bonds. The van der Waals surface area contributed by atoms with Gasteiger partial charge in [0.1, 0.15) is 6.33 Å². The fourth-order valence-corrected chi connectivity index (χ4v) is 4.44. The van der Waals surface area contributed by atoms with Crippen molar-refractivity contribution in [2.24, 2.45) is 5.41 Å². The van der Waals surface area contributed by atoms with Crippen LogP contribution in [0, 0.1) is 5.41 Å². The average molecular weight is 328 g/mol. The Morgan fingerprint density at radius 1 is 1.38 bits per heavy atom. The van der Waals surface area contributed by atoms with E-state index in [1.165, 1.54) is 12.8 Å². The number of benzene rings is 1. The van der Waals surface area contributed by atoms with Crippen LogP contribution in [0.1, 0.15) is 39.0 Å². The second kappa shape index (κ2) is 6.09. The molecule has 0 bridgehead atoms. The fourth-order valence-electron chi connectivity index (χ4n) is 4.44. The van der Waals surface area contributed by atoms with Crippen LogP contribution in [0.4, 0.5) is 4.79 Å². The molecule has 4 rings (SSSR count). The van der Waals surface area contributed by atoms with Crippen molar-refractivity contribution in [2.45, 2.75) is 51.2 Å². The monoisotopic (exact) mass is 328 g/mol. The van der Waals surface area contributed by atoms with E-state index >= 15 is 0 Å². The molecular formula is C18H24N4O2. The molecule has 1 aromatic carbocycles. The molecule has 0 radical (unpaired) electrons. The highest BCUT2D eigenvalue weighted by atomic mass is 16.5. The van der Waals surface area contributed by atoms with Crippen LogP contribution in [0.5, 0.6) is 0 Å². The lowest BCUT2D eigenvalue weighted by Gasteiger charge is -2.53. The third kappa shape index (κ3) is 2.45. The molecule has 128 valence electrons. The summed E-state index contributed by atoms with van der Waals surface area (Å²) >= 11 is 0. The summed E-state index contributed by atoms with van der Waals surface area (Å²) in [6, 6.07) is 7.77. The van der Waals surface area contributed by atoms with Gasteiger partial charge in [0.15, 0.2) is 0 Å². The zero-order valence-electron chi connectivity index (χ0n) is 14.0. The van der Waals surface area contributed by atoms with Crippen molar-refractivity contribution >= 4 is 17.1 Å². The van der Waals surface area contributed by atoms with E-state index in [9.17, 15) is 4.79 Å². The normalized spacial score (nSPS) is 24.9. The van der Waals surface area contributed by atoms with Crippen LogP contribution < -0.4 is 10.7 Å². The van der Waals surface area contributed by atoms with E-state index in [-0.39, 0.29) is 17.5 Å². The predicted octanol–water partition coefficient (Wildman–Crippen LogP) is 3.03. The van der Waals surface area contributed by atoms with Gasteiger partial charge in [0.05, 0.1) is 17.1 Å². The SMILES string of the molecule is CCO[C@H]1C[C@@H](NC(=O)Nn2cnc3ccccc32)C12CCCC2. The topological polar surface area (TPSA) is 68.2 Å². The summed E-state index contributed by atoms with van der Waals surface area (Å²) in [5.41, 5.74) is 4.78. The zero-order valence-corrected chi connectivity index (χ0v) is 14.0. The first-order valence-electron chi connectivity index (χ1n) is 8.84. The van der Waals surface area contributed by atoms with Crippen molar-refractivity contribution in [1.82, 2.24) is 15.0 Å². The second-order valence-electron chi connectivity index (χ2n) is 6.86. The number of ether oxygens (including phenoxy) is 1. The molecule has 2 fully saturated rings. The molecule has 2 aliphatic carbocycles. The lowest BCUT2D eigenvalue weighted by atomic mass is 9.60. The number of aromatic nitrogens is 2. The lowest BCUT2D eigenvalue weighted by Crippen LogP contribution is -2.64. The van der Waals surface area contributed by atoms with Crippen molar-refractivity contribution in [3.8, 4) is 0 Å². The molecule has 2 atom stereocenters. The first-order chi connectivity index (χ1) is 11.7. The van der Waals surface area contributed by atoms with Gasteiger partial charge in [-0.2, -0.15) is 0 Å². The molecular weight excluding hydrogens is 304 g/mol. The van der Waals surface area contributed by atoms with Gasteiger partial charge in [-0.25, -0.2) is 19.9 Å². The maximum atomic E-state index is 12.5. The number of para-hydroxylation sites is 2. The number of fused-ring (bicyclic) bond motifs is 1. The molecule has 1 aromatic heterocycles. The minimum atomic E-state index is -0.177. The molecule has 2 N–H and O–H groups in total. The number of imidazole rings is 1. The third-order valence-corrected chi connectivity index (χ3v) is 5.67. The summed E-state index contributed by atoms with van der Waals surface area (Å²) in [6.07, 6.45) is 7.60. The number of amides is 2. The van der Waals surface area contributed by atoms with Crippen LogP contribution in [0.3, 0.4) is 0 Å². The molecule has 24 heavy (non-hydrogen) atoms. The highest BCUT2D eigenvalue weighted by Gasteiger charge is 2.57. The molecule has 1 heterocycles. The van der Waals surface area contributed by atoms with E-state index in [0.717, 1.165) is 36.9 Å². The Kier molecular flexibility index (Phi) is 3.92. The highest BCUT2D eigenvalue weighted by Crippen LogP contribution is 2.54. The van der Waals surface area contributed by atoms with Gasteiger partial charge in [-0.3, -0.25) is 0 Å². The van der Waals surface area contributed by atoms with E-state index in [1.54, 1.807) is 11.0 Å². The summed E-state index contributed by atoms with van der Waals surface area (Å²) in [5, 5.41) is 3.16. The Morgan fingerprint density at radius 2 is 2.17 bits per heavy atom. The number of hydrogen-bond donors (Lipinski definition) is 2. The zero-order chi connectivity index (χ0) is 16.6. The van der Waals surface area contributed by atoms with Gasteiger partial charge in [-0.15, -0.1) is 0 Å². The highest BCUT2D eigenvalue weighted by molar-refractivity contribution is 5.85. The lowest BCUT2D eigenvalue weighted by molar-refractivity contribution is -0.126. The Morgan fingerprint density at radius 3 is 2.96 bits per heavy atom. The van der Waals surface area contributed by atoms with E-state index in [4.69, 9.17) is 4.74 Å². The molecule has 0 unspecified atom stereocenters. The van der Waals surface area contributed by atoms with E-state index < -0.39 is 0 Å². The van der Waals surface area contributed by atoms with E-state index in [2.05, 4.69) is 15.7 Å². The number of hydrogen-bond acceptors (Lipinski definition) is 3. The van der Waals surface area contributed by atoms with Crippen LogP contribution in [0.2, 0.25) is 0 Å². The van der Waals surface area contributed by atoms with Crippen LogP contribution >= 0.6 is 0 Å². The smallest absolute Gasteiger partial charge is 0.334 e. The Labute approximate surface area is 141 Å².